The first-order valence-corrected chi connectivity index (χ1v) is 6.47. The highest BCUT2D eigenvalue weighted by Gasteiger charge is 2.21. The van der Waals surface area contributed by atoms with Crippen LogP contribution in [0.15, 0.2) is 49.1 Å². The van der Waals surface area contributed by atoms with Gasteiger partial charge in [-0.25, -0.2) is 0 Å². The van der Waals surface area contributed by atoms with Gasteiger partial charge in [0, 0.05) is 6.54 Å². The van der Waals surface area contributed by atoms with Gasteiger partial charge in [0.1, 0.15) is 5.75 Å². The van der Waals surface area contributed by atoms with Gasteiger partial charge in [0.25, 0.3) is 0 Å². The zero-order valence-electron chi connectivity index (χ0n) is 11.2. The van der Waals surface area contributed by atoms with Crippen molar-refractivity contribution < 1.29 is 9.53 Å². The summed E-state index contributed by atoms with van der Waals surface area (Å²) in [7, 11) is 1.64. The van der Waals surface area contributed by atoms with Crippen LogP contribution in [0.1, 0.15) is 18.4 Å². The quantitative estimate of drug-likeness (QED) is 0.599. The van der Waals surface area contributed by atoms with Crippen molar-refractivity contribution in [2.24, 2.45) is 0 Å². The van der Waals surface area contributed by atoms with Gasteiger partial charge >= 0.3 is 0 Å². The molecule has 0 heterocycles. The summed E-state index contributed by atoms with van der Waals surface area (Å²) >= 11 is 0. The summed E-state index contributed by atoms with van der Waals surface area (Å²) in [6.45, 7) is 4.17. The van der Waals surface area contributed by atoms with Gasteiger partial charge in [-0.15, -0.1) is 0 Å². The Hall–Kier alpha value is -2.03. The summed E-state index contributed by atoms with van der Waals surface area (Å²) in [5.74, 6) is 0.782. The third-order valence-electron chi connectivity index (χ3n) is 3.33. The molecule has 0 fully saturated rings. The highest BCUT2D eigenvalue weighted by atomic mass is 16.5. The average molecular weight is 257 g/mol. The summed E-state index contributed by atoms with van der Waals surface area (Å²) in [5, 5.41) is 0. The highest BCUT2D eigenvalue weighted by molar-refractivity contribution is 5.87. The first-order chi connectivity index (χ1) is 9.24. The number of amides is 1. The number of rotatable bonds is 5. The van der Waals surface area contributed by atoms with Crippen LogP contribution in [-0.2, 0) is 11.3 Å². The normalized spacial score (nSPS) is 17.2. The molecule has 0 saturated carbocycles. The van der Waals surface area contributed by atoms with Crippen LogP contribution in [0, 0.1) is 0 Å². The number of ether oxygens (including phenoxy) is 1. The van der Waals surface area contributed by atoms with E-state index in [0.717, 1.165) is 24.2 Å². The van der Waals surface area contributed by atoms with Crippen LogP contribution in [0.25, 0.3) is 0 Å². The van der Waals surface area contributed by atoms with Crippen molar-refractivity contribution in [3.05, 3.63) is 54.6 Å². The summed E-state index contributed by atoms with van der Waals surface area (Å²) in [6.07, 6.45) is 7.63. The highest BCUT2D eigenvalue weighted by Crippen LogP contribution is 2.21. The van der Waals surface area contributed by atoms with Crippen LogP contribution >= 0.6 is 0 Å². The van der Waals surface area contributed by atoms with Gasteiger partial charge in [0.15, 0.2) is 0 Å². The Balaban J connectivity index is 2.16. The Morgan fingerprint density at radius 3 is 3.05 bits per heavy atom. The molecule has 19 heavy (non-hydrogen) atoms. The first-order valence-electron chi connectivity index (χ1n) is 6.47. The van der Waals surface area contributed by atoms with Crippen molar-refractivity contribution in [1.29, 1.82) is 0 Å². The minimum atomic E-state index is -0.0284. The number of allylic oxidation sites excluding steroid dienone is 1. The summed E-state index contributed by atoms with van der Waals surface area (Å²) < 4.78 is 5.21. The fraction of sp³-hybridized carbons (Fsp3) is 0.312. The molecule has 1 atom stereocenters. The molecule has 0 radical (unpaired) electrons. The summed E-state index contributed by atoms with van der Waals surface area (Å²) in [6, 6.07) is 7.98. The van der Waals surface area contributed by atoms with Crippen LogP contribution in [-0.4, -0.2) is 24.0 Å². The molecule has 0 aromatic heterocycles. The lowest BCUT2D eigenvalue weighted by atomic mass is 10.1. The third-order valence-corrected chi connectivity index (χ3v) is 3.33. The number of methoxy groups -OCH3 is 1. The number of carbonyl (C=O) groups excluding carboxylic acids is 1. The molecule has 3 nitrogen and oxygen atoms in total. The van der Waals surface area contributed by atoms with Crippen LogP contribution in [0.3, 0.4) is 0 Å². The molecule has 1 aliphatic carbocycles. The molecule has 0 saturated heterocycles. The molecule has 0 spiro atoms. The van der Waals surface area contributed by atoms with Gasteiger partial charge in [0.2, 0.25) is 5.91 Å². The molecule has 1 amide bonds. The SMILES string of the molecule is C=CC(=O)N(Cc1cccc(OC)c1)C1C=CCC1. The second kappa shape index (κ2) is 6.23. The van der Waals surface area contributed by atoms with Gasteiger partial charge < -0.3 is 9.64 Å². The summed E-state index contributed by atoms with van der Waals surface area (Å²) in [4.78, 5) is 13.9. The molecule has 100 valence electrons. The Morgan fingerprint density at radius 2 is 2.42 bits per heavy atom. The van der Waals surface area contributed by atoms with Crippen molar-refractivity contribution in [3.63, 3.8) is 0 Å². The van der Waals surface area contributed by atoms with E-state index in [4.69, 9.17) is 4.74 Å². The predicted molar refractivity (Wildman–Crippen MR) is 75.9 cm³/mol. The molecule has 1 aromatic carbocycles. The number of nitrogens with zero attached hydrogens (tertiary/aromatic N) is 1. The number of benzene rings is 1. The standard InChI is InChI=1S/C16H19NO2/c1-3-16(18)17(14-8-4-5-9-14)12-13-7-6-10-15(11-13)19-2/h3-4,6-8,10-11,14H,1,5,9,12H2,2H3. The number of hydrogen-bond acceptors (Lipinski definition) is 2. The van der Waals surface area contributed by atoms with Crippen LogP contribution in [0.2, 0.25) is 0 Å². The second-order valence-electron chi connectivity index (χ2n) is 4.59. The van der Waals surface area contributed by atoms with E-state index in [-0.39, 0.29) is 11.9 Å². The molecule has 2 rings (SSSR count). The maximum Gasteiger partial charge on any atom is 0.246 e. The van der Waals surface area contributed by atoms with Crippen LogP contribution in [0.4, 0.5) is 0 Å². The minimum Gasteiger partial charge on any atom is -0.497 e. The van der Waals surface area contributed by atoms with E-state index in [1.807, 2.05) is 29.2 Å². The Bertz CT molecular complexity index is 493. The predicted octanol–water partition coefficient (Wildman–Crippen LogP) is 2.93. The smallest absolute Gasteiger partial charge is 0.246 e. The second-order valence-corrected chi connectivity index (χ2v) is 4.59. The minimum absolute atomic E-state index is 0.0284. The summed E-state index contributed by atoms with van der Waals surface area (Å²) in [5.41, 5.74) is 1.06. The zero-order chi connectivity index (χ0) is 13.7. The third kappa shape index (κ3) is 3.25. The Morgan fingerprint density at radius 1 is 1.58 bits per heavy atom. The van der Waals surface area contributed by atoms with Crippen LogP contribution in [0.5, 0.6) is 5.75 Å². The van der Waals surface area contributed by atoms with Crippen molar-refractivity contribution >= 4 is 5.91 Å². The Kier molecular flexibility index (Phi) is 4.39. The van der Waals surface area contributed by atoms with E-state index in [1.165, 1.54) is 6.08 Å². The van der Waals surface area contributed by atoms with E-state index in [1.54, 1.807) is 7.11 Å². The van der Waals surface area contributed by atoms with E-state index >= 15 is 0 Å². The van der Waals surface area contributed by atoms with Gasteiger partial charge in [-0.2, -0.15) is 0 Å². The molecule has 1 unspecified atom stereocenters. The molecule has 1 aliphatic rings. The number of carbonyl (C=O) groups is 1. The van der Waals surface area contributed by atoms with Crippen molar-refractivity contribution in [3.8, 4) is 5.75 Å². The molecule has 1 aromatic rings. The first kappa shape index (κ1) is 13.4. The van der Waals surface area contributed by atoms with Gasteiger partial charge in [-0.1, -0.05) is 30.9 Å². The molecular formula is C16H19NO2. The molecule has 0 bridgehead atoms. The van der Waals surface area contributed by atoms with Crippen LogP contribution < -0.4 is 4.74 Å². The largest absolute Gasteiger partial charge is 0.497 e. The monoisotopic (exact) mass is 257 g/mol. The maximum atomic E-state index is 12.0. The zero-order valence-corrected chi connectivity index (χ0v) is 11.2. The maximum absolute atomic E-state index is 12.0. The molecule has 0 N–H and O–H groups in total. The topological polar surface area (TPSA) is 29.5 Å². The van der Waals surface area contributed by atoms with Gasteiger partial charge in [0.05, 0.1) is 13.2 Å². The molecule has 0 aliphatic heterocycles. The van der Waals surface area contributed by atoms with Gasteiger partial charge in [-0.05, 0) is 36.6 Å². The van der Waals surface area contributed by atoms with E-state index in [9.17, 15) is 4.79 Å². The average Bonchev–Trinajstić information content (AvgIpc) is 2.98. The molecular weight excluding hydrogens is 238 g/mol. The lowest BCUT2D eigenvalue weighted by Crippen LogP contribution is -2.36. The Labute approximate surface area is 114 Å². The van der Waals surface area contributed by atoms with Crippen molar-refractivity contribution in [1.82, 2.24) is 4.90 Å². The number of hydrogen-bond donors (Lipinski definition) is 0. The fourth-order valence-electron chi connectivity index (χ4n) is 2.32. The molecule has 3 heteroatoms. The fourth-order valence-corrected chi connectivity index (χ4v) is 2.32. The van der Waals surface area contributed by atoms with E-state index in [2.05, 4.69) is 18.7 Å². The van der Waals surface area contributed by atoms with Crippen molar-refractivity contribution in [2.75, 3.05) is 7.11 Å². The van der Waals surface area contributed by atoms with E-state index < -0.39 is 0 Å². The van der Waals surface area contributed by atoms with E-state index in [0.29, 0.717) is 6.54 Å². The van der Waals surface area contributed by atoms with Gasteiger partial charge in [-0.3, -0.25) is 4.79 Å². The lowest BCUT2D eigenvalue weighted by molar-refractivity contribution is -0.128. The lowest BCUT2D eigenvalue weighted by Gasteiger charge is -2.27. The van der Waals surface area contributed by atoms with Crippen molar-refractivity contribution in [2.45, 2.75) is 25.4 Å².